The van der Waals surface area contributed by atoms with Crippen LogP contribution in [0, 0.1) is 17.2 Å². The number of hydrogen-bond acceptors (Lipinski definition) is 3. The second kappa shape index (κ2) is 7.38. The zero-order chi connectivity index (χ0) is 13.5. The van der Waals surface area contributed by atoms with Gasteiger partial charge in [0.05, 0.1) is 12.5 Å². The molecule has 102 valence electrons. The summed E-state index contributed by atoms with van der Waals surface area (Å²) in [5.41, 5.74) is 0. The molecule has 0 aromatic heterocycles. The zero-order valence-electron chi connectivity index (χ0n) is 11.9. The van der Waals surface area contributed by atoms with E-state index in [-0.39, 0.29) is 5.91 Å². The average molecular weight is 251 g/mol. The molecule has 1 amide bonds. The molecular weight excluding hydrogens is 226 g/mol. The Kier molecular flexibility index (Phi) is 6.14. The van der Waals surface area contributed by atoms with Crippen molar-refractivity contribution in [3.05, 3.63) is 0 Å². The molecule has 0 radical (unpaired) electrons. The molecular formula is C14H25N3O. The molecule has 0 aromatic carbocycles. The summed E-state index contributed by atoms with van der Waals surface area (Å²) in [5.74, 6) is 0.802. The third-order valence-electron chi connectivity index (χ3n) is 3.26. The van der Waals surface area contributed by atoms with Crippen LogP contribution in [0.5, 0.6) is 0 Å². The number of carbonyl (C=O) groups is 1. The van der Waals surface area contributed by atoms with E-state index in [0.29, 0.717) is 31.3 Å². The fourth-order valence-corrected chi connectivity index (χ4v) is 2.10. The lowest BCUT2D eigenvalue weighted by atomic mass is 10.2. The van der Waals surface area contributed by atoms with Crippen molar-refractivity contribution in [2.45, 2.75) is 45.6 Å². The van der Waals surface area contributed by atoms with E-state index in [1.165, 1.54) is 12.8 Å². The van der Waals surface area contributed by atoms with Gasteiger partial charge in [-0.05, 0) is 18.8 Å². The van der Waals surface area contributed by atoms with Crippen LogP contribution in [0.25, 0.3) is 0 Å². The summed E-state index contributed by atoms with van der Waals surface area (Å²) < 4.78 is 0. The summed E-state index contributed by atoms with van der Waals surface area (Å²) in [6.07, 6.45) is 3.56. The summed E-state index contributed by atoms with van der Waals surface area (Å²) >= 11 is 0. The Labute approximate surface area is 111 Å². The van der Waals surface area contributed by atoms with E-state index in [0.717, 1.165) is 13.1 Å². The molecule has 1 rings (SSSR count). The van der Waals surface area contributed by atoms with Crippen LogP contribution in [0.1, 0.15) is 39.5 Å². The minimum atomic E-state index is 0.152. The number of carbonyl (C=O) groups excluding carboxylic acids is 1. The van der Waals surface area contributed by atoms with Gasteiger partial charge in [0.2, 0.25) is 5.91 Å². The molecule has 18 heavy (non-hydrogen) atoms. The van der Waals surface area contributed by atoms with Crippen LogP contribution >= 0.6 is 0 Å². The predicted octanol–water partition coefficient (Wildman–Crippen LogP) is 1.87. The molecule has 0 atom stereocenters. The molecule has 0 bridgehead atoms. The largest absolute Gasteiger partial charge is 0.345 e. The smallest absolute Gasteiger partial charge is 0.223 e. The molecule has 0 heterocycles. The molecule has 0 spiro atoms. The number of rotatable bonds is 8. The van der Waals surface area contributed by atoms with Crippen molar-refractivity contribution < 1.29 is 4.79 Å². The fraction of sp³-hybridized carbons (Fsp3) is 0.857. The van der Waals surface area contributed by atoms with Gasteiger partial charge in [0, 0.05) is 39.1 Å². The Bertz CT molecular complexity index is 305. The summed E-state index contributed by atoms with van der Waals surface area (Å²) in [4.78, 5) is 16.0. The summed E-state index contributed by atoms with van der Waals surface area (Å²) in [5, 5.41) is 8.50. The quantitative estimate of drug-likeness (QED) is 0.661. The second-order valence-electron chi connectivity index (χ2n) is 5.59. The van der Waals surface area contributed by atoms with E-state index in [1.54, 1.807) is 11.9 Å². The van der Waals surface area contributed by atoms with Gasteiger partial charge in [-0.3, -0.25) is 9.69 Å². The maximum absolute atomic E-state index is 11.9. The third kappa shape index (κ3) is 5.50. The van der Waals surface area contributed by atoms with Crippen molar-refractivity contribution >= 4 is 5.91 Å². The van der Waals surface area contributed by atoms with E-state index in [2.05, 4.69) is 24.8 Å². The molecule has 4 heteroatoms. The first kappa shape index (κ1) is 15.0. The monoisotopic (exact) mass is 251 g/mol. The van der Waals surface area contributed by atoms with Gasteiger partial charge in [-0.15, -0.1) is 0 Å². The van der Waals surface area contributed by atoms with Gasteiger partial charge >= 0.3 is 0 Å². The van der Waals surface area contributed by atoms with Crippen LogP contribution in [-0.4, -0.2) is 48.4 Å². The molecule has 1 aliphatic carbocycles. The molecule has 4 nitrogen and oxygen atoms in total. The van der Waals surface area contributed by atoms with Crippen LogP contribution < -0.4 is 0 Å². The lowest BCUT2D eigenvalue weighted by Crippen LogP contribution is -2.35. The number of hydrogen-bond donors (Lipinski definition) is 0. The molecule has 0 aromatic rings. The Morgan fingerprint density at radius 3 is 2.56 bits per heavy atom. The van der Waals surface area contributed by atoms with Gasteiger partial charge in [-0.2, -0.15) is 5.26 Å². The minimum Gasteiger partial charge on any atom is -0.345 e. The first-order valence-electron chi connectivity index (χ1n) is 6.89. The second-order valence-corrected chi connectivity index (χ2v) is 5.59. The van der Waals surface area contributed by atoms with Gasteiger partial charge in [0.25, 0.3) is 0 Å². The Morgan fingerprint density at radius 1 is 1.39 bits per heavy atom. The lowest BCUT2D eigenvalue weighted by Gasteiger charge is -2.25. The van der Waals surface area contributed by atoms with Gasteiger partial charge in [-0.25, -0.2) is 0 Å². The van der Waals surface area contributed by atoms with E-state index >= 15 is 0 Å². The minimum absolute atomic E-state index is 0.152. The van der Waals surface area contributed by atoms with E-state index < -0.39 is 0 Å². The topological polar surface area (TPSA) is 47.3 Å². The normalized spacial score (nSPS) is 14.9. The number of nitrogens with zero attached hydrogens (tertiary/aromatic N) is 3. The molecule has 0 saturated heterocycles. The maximum Gasteiger partial charge on any atom is 0.223 e. The highest BCUT2D eigenvalue weighted by Crippen LogP contribution is 2.27. The Balaban J connectivity index is 2.28. The SMILES string of the molecule is CC(C)CN(CCC(=O)N(C)CCC#N)C1CC1. The first-order chi connectivity index (χ1) is 8.54. The van der Waals surface area contributed by atoms with Gasteiger partial charge in [0.15, 0.2) is 0 Å². The van der Waals surface area contributed by atoms with E-state index in [4.69, 9.17) is 5.26 Å². The summed E-state index contributed by atoms with van der Waals surface area (Å²) in [6, 6.07) is 2.78. The van der Waals surface area contributed by atoms with Crippen molar-refractivity contribution in [3.63, 3.8) is 0 Å². The molecule has 0 unspecified atom stereocenters. The van der Waals surface area contributed by atoms with Crippen molar-refractivity contribution in [3.8, 4) is 6.07 Å². The third-order valence-corrected chi connectivity index (χ3v) is 3.26. The molecule has 0 N–H and O–H groups in total. The predicted molar refractivity (Wildman–Crippen MR) is 71.9 cm³/mol. The summed E-state index contributed by atoms with van der Waals surface area (Å²) in [6.45, 7) is 6.92. The first-order valence-corrected chi connectivity index (χ1v) is 6.89. The van der Waals surface area contributed by atoms with Crippen LogP contribution in [0.2, 0.25) is 0 Å². The van der Waals surface area contributed by atoms with Crippen LogP contribution in [0.3, 0.4) is 0 Å². The maximum atomic E-state index is 11.9. The number of nitriles is 1. The van der Waals surface area contributed by atoms with Crippen LogP contribution in [0.15, 0.2) is 0 Å². The van der Waals surface area contributed by atoms with Crippen molar-refractivity contribution in [1.29, 1.82) is 5.26 Å². The Hall–Kier alpha value is -1.08. The molecule has 1 aliphatic rings. The lowest BCUT2D eigenvalue weighted by molar-refractivity contribution is -0.130. The van der Waals surface area contributed by atoms with Crippen LogP contribution in [0.4, 0.5) is 0 Å². The van der Waals surface area contributed by atoms with Gasteiger partial charge in [-0.1, -0.05) is 13.8 Å². The fourth-order valence-electron chi connectivity index (χ4n) is 2.10. The zero-order valence-corrected chi connectivity index (χ0v) is 11.9. The van der Waals surface area contributed by atoms with Crippen LogP contribution in [-0.2, 0) is 4.79 Å². The summed E-state index contributed by atoms with van der Waals surface area (Å²) in [7, 11) is 1.78. The van der Waals surface area contributed by atoms with E-state index in [9.17, 15) is 4.79 Å². The standard InChI is InChI=1S/C14H25N3O/c1-12(2)11-17(13-5-6-13)10-7-14(18)16(3)9-4-8-15/h12-13H,4-7,9-11H2,1-3H3. The highest BCUT2D eigenvalue weighted by Gasteiger charge is 2.29. The molecule has 1 saturated carbocycles. The number of amides is 1. The van der Waals surface area contributed by atoms with E-state index in [1.807, 2.05) is 0 Å². The highest BCUT2D eigenvalue weighted by atomic mass is 16.2. The molecule has 1 fully saturated rings. The average Bonchev–Trinajstić information content (AvgIpc) is 3.14. The van der Waals surface area contributed by atoms with Gasteiger partial charge in [0.1, 0.15) is 0 Å². The molecule has 0 aliphatic heterocycles. The van der Waals surface area contributed by atoms with Gasteiger partial charge < -0.3 is 4.90 Å². The Morgan fingerprint density at radius 2 is 2.06 bits per heavy atom. The highest BCUT2D eigenvalue weighted by molar-refractivity contribution is 5.76. The van der Waals surface area contributed by atoms with Crippen molar-refractivity contribution in [2.24, 2.45) is 5.92 Å². The van der Waals surface area contributed by atoms with Crippen molar-refractivity contribution in [2.75, 3.05) is 26.7 Å². The van der Waals surface area contributed by atoms with Crippen molar-refractivity contribution in [1.82, 2.24) is 9.80 Å².